The van der Waals surface area contributed by atoms with Crippen LogP contribution in [-0.2, 0) is 8.26 Å². The molecule has 0 amide bonds. The Morgan fingerprint density at radius 1 is 1.11 bits per heavy atom. The maximum absolute atomic E-state index is 9.16. The fraction of sp³-hybridized carbons (Fsp3) is 0. The molecule has 0 aromatic carbocycles. The molecule has 0 N–H and O–H groups in total. The molecule has 50 valence electrons. The average Bonchev–Trinajstić information content (AvgIpc) is 1.61. The third-order valence-corrected chi connectivity index (χ3v) is 0.0500. The summed E-state index contributed by atoms with van der Waals surface area (Å²) in [6, 6.07) is 2.47. The standard InChI is InChI=1S/C2N2.Cl2O2S/c3-1-2-4;1-5(2,3)4. The van der Waals surface area contributed by atoms with Gasteiger partial charge >= 0.3 is 8.26 Å². The summed E-state index contributed by atoms with van der Waals surface area (Å²) in [6.45, 7) is 0. The van der Waals surface area contributed by atoms with Crippen molar-refractivity contribution in [2.24, 2.45) is 0 Å². The normalized spacial score (nSPS) is 7.56. The maximum atomic E-state index is 9.16. The minimum atomic E-state index is -3.72. The van der Waals surface area contributed by atoms with Gasteiger partial charge in [0.15, 0.2) is 12.1 Å². The van der Waals surface area contributed by atoms with Crippen LogP contribution in [-0.4, -0.2) is 8.42 Å². The molecule has 7 heteroatoms. The van der Waals surface area contributed by atoms with Gasteiger partial charge in [0, 0.05) is 21.4 Å². The Bertz CT molecular complexity index is 212. The first-order valence-electron chi connectivity index (χ1n) is 1.34. The van der Waals surface area contributed by atoms with Gasteiger partial charge in [-0.05, 0) is 0 Å². The average molecular weight is 187 g/mol. The highest BCUT2D eigenvalue weighted by atomic mass is 36.0. The monoisotopic (exact) mass is 186 g/mol. The van der Waals surface area contributed by atoms with E-state index in [9.17, 15) is 0 Å². The van der Waals surface area contributed by atoms with E-state index in [4.69, 9.17) is 18.9 Å². The van der Waals surface area contributed by atoms with Crippen LogP contribution in [0.4, 0.5) is 0 Å². The van der Waals surface area contributed by atoms with Crippen molar-refractivity contribution in [1.82, 2.24) is 0 Å². The van der Waals surface area contributed by atoms with E-state index in [2.05, 4.69) is 21.4 Å². The summed E-state index contributed by atoms with van der Waals surface area (Å²) in [7, 11) is 4.81. The summed E-state index contributed by atoms with van der Waals surface area (Å²) in [6.07, 6.45) is 0. The molecule has 0 aliphatic carbocycles. The Morgan fingerprint density at radius 2 is 1.22 bits per heavy atom. The van der Waals surface area contributed by atoms with Gasteiger partial charge in [0.1, 0.15) is 0 Å². The summed E-state index contributed by atoms with van der Waals surface area (Å²) in [4.78, 5) is 0. The largest absolute Gasteiger partial charge is 0.317 e. The van der Waals surface area contributed by atoms with Crippen molar-refractivity contribution in [2.45, 2.75) is 0 Å². The molecule has 0 radical (unpaired) electrons. The second-order valence-electron chi connectivity index (χ2n) is 0.602. The number of rotatable bonds is 0. The van der Waals surface area contributed by atoms with Crippen molar-refractivity contribution in [3.8, 4) is 12.1 Å². The SMILES string of the molecule is N#CC#N.O=S(=O)(Cl)Cl. The van der Waals surface area contributed by atoms with Gasteiger partial charge in [0.05, 0.1) is 0 Å². The van der Waals surface area contributed by atoms with E-state index in [0.717, 1.165) is 0 Å². The molecule has 0 aromatic heterocycles. The number of nitriles is 2. The molecule has 0 aliphatic heterocycles. The minimum absolute atomic E-state index is 1.24. The first kappa shape index (κ1) is 11.3. The Morgan fingerprint density at radius 3 is 1.22 bits per heavy atom. The molecule has 0 saturated heterocycles. The molecule has 0 rings (SSSR count). The molecule has 0 spiro atoms. The Labute approximate surface area is 61.1 Å². The zero-order valence-electron chi connectivity index (χ0n) is 3.88. The molecule has 0 bridgehead atoms. The fourth-order valence-corrected chi connectivity index (χ4v) is 0. The lowest BCUT2D eigenvalue weighted by Crippen LogP contribution is -1.63. The highest BCUT2D eigenvalue weighted by Gasteiger charge is 1.88. The lowest BCUT2D eigenvalue weighted by molar-refractivity contribution is 0.621. The van der Waals surface area contributed by atoms with Crippen LogP contribution in [0.15, 0.2) is 0 Å². The van der Waals surface area contributed by atoms with Crippen molar-refractivity contribution in [1.29, 1.82) is 10.5 Å². The maximum Gasteiger partial charge on any atom is 0.317 e. The van der Waals surface area contributed by atoms with Crippen LogP contribution in [0.5, 0.6) is 0 Å². The number of halogens is 2. The molecular weight excluding hydrogens is 187 g/mol. The van der Waals surface area contributed by atoms with Crippen molar-refractivity contribution in [3.05, 3.63) is 0 Å². The Hall–Kier alpha value is -0.490. The molecule has 0 saturated carbocycles. The molecule has 0 aliphatic rings. The van der Waals surface area contributed by atoms with E-state index >= 15 is 0 Å². The molecule has 0 atom stereocenters. The Kier molecular flexibility index (Phi) is 7.10. The predicted molar refractivity (Wildman–Crippen MR) is 31.9 cm³/mol. The second-order valence-corrected chi connectivity index (χ2v) is 4.27. The highest BCUT2D eigenvalue weighted by Crippen LogP contribution is 1.98. The quantitative estimate of drug-likeness (QED) is 0.523. The van der Waals surface area contributed by atoms with Crippen LogP contribution in [0.2, 0.25) is 0 Å². The molecule has 0 fully saturated rings. The summed E-state index contributed by atoms with van der Waals surface area (Å²) >= 11 is 0. The number of hydrogen-bond acceptors (Lipinski definition) is 4. The molecule has 9 heavy (non-hydrogen) atoms. The van der Waals surface area contributed by atoms with Gasteiger partial charge in [-0.1, -0.05) is 0 Å². The molecular formula is C2Cl2N2O2S. The van der Waals surface area contributed by atoms with Gasteiger partial charge in [-0.3, -0.25) is 0 Å². The zero-order chi connectivity index (χ0) is 7.91. The second kappa shape index (κ2) is 5.64. The molecule has 0 heterocycles. The van der Waals surface area contributed by atoms with Gasteiger partial charge in [-0.15, -0.1) is 0 Å². The van der Waals surface area contributed by atoms with E-state index < -0.39 is 8.26 Å². The van der Waals surface area contributed by atoms with E-state index in [-0.39, 0.29) is 0 Å². The van der Waals surface area contributed by atoms with Gasteiger partial charge < -0.3 is 0 Å². The summed E-state index contributed by atoms with van der Waals surface area (Å²) < 4.78 is 18.3. The van der Waals surface area contributed by atoms with Crippen molar-refractivity contribution in [3.63, 3.8) is 0 Å². The van der Waals surface area contributed by atoms with E-state index in [1.54, 1.807) is 0 Å². The van der Waals surface area contributed by atoms with Crippen LogP contribution >= 0.6 is 21.4 Å². The third-order valence-electron chi connectivity index (χ3n) is 0.0500. The van der Waals surface area contributed by atoms with Gasteiger partial charge in [-0.25, -0.2) is 0 Å². The van der Waals surface area contributed by atoms with Gasteiger partial charge in [0.25, 0.3) is 0 Å². The van der Waals surface area contributed by atoms with Crippen LogP contribution < -0.4 is 0 Å². The predicted octanol–water partition coefficient (Wildman–Crippen LogP) is 0.742. The molecule has 0 aromatic rings. The highest BCUT2D eigenvalue weighted by molar-refractivity contribution is 8.31. The lowest BCUT2D eigenvalue weighted by atomic mass is 10.9. The summed E-state index contributed by atoms with van der Waals surface area (Å²) in [5.41, 5.74) is 0. The van der Waals surface area contributed by atoms with Crippen LogP contribution in [0, 0.1) is 22.7 Å². The lowest BCUT2D eigenvalue weighted by Gasteiger charge is -1.61. The topological polar surface area (TPSA) is 81.7 Å². The van der Waals surface area contributed by atoms with E-state index in [1.807, 2.05) is 0 Å². The van der Waals surface area contributed by atoms with Crippen molar-refractivity contribution in [2.75, 3.05) is 0 Å². The van der Waals surface area contributed by atoms with Crippen molar-refractivity contribution < 1.29 is 8.42 Å². The van der Waals surface area contributed by atoms with Crippen LogP contribution in [0.3, 0.4) is 0 Å². The van der Waals surface area contributed by atoms with E-state index in [0.29, 0.717) is 0 Å². The first-order chi connectivity index (χ1) is 3.91. The molecule has 4 nitrogen and oxygen atoms in total. The van der Waals surface area contributed by atoms with Gasteiger partial charge in [-0.2, -0.15) is 18.9 Å². The summed E-state index contributed by atoms with van der Waals surface area (Å²) in [5.74, 6) is 0. The smallest absolute Gasteiger partial charge is 0.195 e. The summed E-state index contributed by atoms with van der Waals surface area (Å²) in [5, 5.41) is 14.5. The first-order valence-corrected chi connectivity index (χ1v) is 4.47. The van der Waals surface area contributed by atoms with Crippen LogP contribution in [0.1, 0.15) is 0 Å². The molecule has 0 unspecified atom stereocenters. The number of nitrogens with zero attached hydrogens (tertiary/aromatic N) is 2. The third kappa shape index (κ3) is 877. The fourth-order valence-electron chi connectivity index (χ4n) is 0. The zero-order valence-corrected chi connectivity index (χ0v) is 6.20. The van der Waals surface area contributed by atoms with Gasteiger partial charge in [0.2, 0.25) is 0 Å². The number of hydrogen-bond donors (Lipinski definition) is 0. The Balaban J connectivity index is 0. The van der Waals surface area contributed by atoms with E-state index in [1.165, 1.54) is 12.1 Å². The minimum Gasteiger partial charge on any atom is -0.195 e. The van der Waals surface area contributed by atoms with Crippen LogP contribution in [0.25, 0.3) is 0 Å². The van der Waals surface area contributed by atoms with Crippen molar-refractivity contribution >= 4 is 29.6 Å².